The van der Waals surface area contributed by atoms with Gasteiger partial charge in [0.1, 0.15) is 0 Å². The molecule has 1 aliphatic carbocycles. The van der Waals surface area contributed by atoms with Crippen molar-refractivity contribution in [3.8, 4) is 11.1 Å². The Bertz CT molecular complexity index is 737. The Morgan fingerprint density at radius 1 is 1.11 bits per heavy atom. The SMILES string of the molecule is Cl.N[C@@H]1CCN(CCN[C@H]2CC2c2ccc(-c3cccc(CO)c3)cc2)C1. The van der Waals surface area contributed by atoms with Crippen molar-refractivity contribution >= 4 is 12.4 Å². The normalized spacial score (nSPS) is 24.6. The third-order valence-corrected chi connectivity index (χ3v) is 5.72. The van der Waals surface area contributed by atoms with E-state index in [0.29, 0.717) is 18.0 Å². The minimum absolute atomic E-state index is 0. The number of halogens is 1. The summed E-state index contributed by atoms with van der Waals surface area (Å²) in [5.74, 6) is 0.647. The number of nitrogens with two attached hydrogens (primary N) is 1. The highest BCUT2D eigenvalue weighted by atomic mass is 35.5. The molecule has 2 aromatic carbocycles. The van der Waals surface area contributed by atoms with Gasteiger partial charge < -0.3 is 21.1 Å². The van der Waals surface area contributed by atoms with Crippen molar-refractivity contribution in [3.63, 3.8) is 0 Å². The highest BCUT2D eigenvalue weighted by Crippen LogP contribution is 2.41. The van der Waals surface area contributed by atoms with E-state index in [4.69, 9.17) is 5.73 Å². The largest absolute Gasteiger partial charge is 0.392 e. The van der Waals surface area contributed by atoms with Crippen molar-refractivity contribution in [2.45, 2.75) is 37.5 Å². The third kappa shape index (κ3) is 5.09. The smallest absolute Gasteiger partial charge is 0.0682 e. The molecule has 1 saturated carbocycles. The van der Waals surface area contributed by atoms with Crippen molar-refractivity contribution < 1.29 is 5.11 Å². The van der Waals surface area contributed by atoms with Gasteiger partial charge in [0.2, 0.25) is 0 Å². The molecule has 4 nitrogen and oxygen atoms in total. The second-order valence-corrected chi connectivity index (χ2v) is 7.73. The summed E-state index contributed by atoms with van der Waals surface area (Å²) >= 11 is 0. The first kappa shape index (κ1) is 20.3. The summed E-state index contributed by atoms with van der Waals surface area (Å²) in [5.41, 5.74) is 10.7. The average Bonchev–Trinajstić information content (AvgIpc) is 3.34. The van der Waals surface area contributed by atoms with Crippen LogP contribution in [-0.4, -0.2) is 48.3 Å². The Morgan fingerprint density at radius 2 is 1.93 bits per heavy atom. The van der Waals surface area contributed by atoms with Gasteiger partial charge in [-0.1, -0.05) is 42.5 Å². The standard InChI is InChI=1S/C22H29N3O.ClH/c23-20-8-10-25(14-20)11-9-24-22-13-21(22)18-6-4-17(5-7-18)19-3-1-2-16(12-19)15-26;/h1-7,12,20-22,24,26H,8-11,13-15,23H2;1H/t20-,21?,22+;/m1./s1. The van der Waals surface area contributed by atoms with Crippen molar-refractivity contribution in [2.24, 2.45) is 5.73 Å². The van der Waals surface area contributed by atoms with Gasteiger partial charge in [0, 0.05) is 37.6 Å². The minimum atomic E-state index is 0. The van der Waals surface area contributed by atoms with Gasteiger partial charge in [0.15, 0.2) is 0 Å². The highest BCUT2D eigenvalue weighted by molar-refractivity contribution is 5.85. The Labute approximate surface area is 168 Å². The fraction of sp³-hybridized carbons (Fsp3) is 0.455. The molecule has 0 bridgehead atoms. The maximum atomic E-state index is 9.30. The van der Waals surface area contributed by atoms with Gasteiger partial charge in [-0.2, -0.15) is 0 Å². The predicted octanol–water partition coefficient (Wildman–Crippen LogP) is 2.75. The molecular weight excluding hydrogens is 358 g/mol. The van der Waals surface area contributed by atoms with Crippen LogP contribution in [0.2, 0.25) is 0 Å². The molecule has 0 radical (unpaired) electrons. The fourth-order valence-electron chi connectivity index (χ4n) is 4.03. The van der Waals surface area contributed by atoms with Crippen LogP contribution >= 0.6 is 12.4 Å². The van der Waals surface area contributed by atoms with E-state index in [0.717, 1.165) is 43.7 Å². The van der Waals surface area contributed by atoms with Gasteiger partial charge in [-0.3, -0.25) is 0 Å². The molecule has 146 valence electrons. The predicted molar refractivity (Wildman–Crippen MR) is 113 cm³/mol. The number of rotatable bonds is 7. The first-order chi connectivity index (χ1) is 12.7. The van der Waals surface area contributed by atoms with Gasteiger partial charge in [0.05, 0.1) is 6.61 Å². The zero-order valence-electron chi connectivity index (χ0n) is 15.7. The lowest BCUT2D eigenvalue weighted by molar-refractivity contribution is 0.282. The van der Waals surface area contributed by atoms with Crippen molar-refractivity contribution in [1.29, 1.82) is 0 Å². The van der Waals surface area contributed by atoms with Gasteiger partial charge in [-0.25, -0.2) is 0 Å². The topological polar surface area (TPSA) is 61.5 Å². The van der Waals surface area contributed by atoms with Gasteiger partial charge in [0.25, 0.3) is 0 Å². The second kappa shape index (κ2) is 9.18. The average molecular weight is 388 g/mol. The summed E-state index contributed by atoms with van der Waals surface area (Å²) in [6.07, 6.45) is 2.37. The third-order valence-electron chi connectivity index (χ3n) is 5.72. The number of benzene rings is 2. The van der Waals surface area contributed by atoms with Crippen LogP contribution in [0.5, 0.6) is 0 Å². The van der Waals surface area contributed by atoms with Crippen LogP contribution in [-0.2, 0) is 6.61 Å². The number of nitrogens with one attached hydrogen (secondary N) is 1. The number of aliphatic hydroxyl groups is 1. The van der Waals surface area contributed by atoms with Crippen LogP contribution < -0.4 is 11.1 Å². The highest BCUT2D eigenvalue weighted by Gasteiger charge is 2.37. The van der Waals surface area contributed by atoms with Crippen LogP contribution in [0.25, 0.3) is 11.1 Å². The molecule has 2 fully saturated rings. The molecule has 4 rings (SSSR count). The Hall–Kier alpha value is -1.43. The van der Waals surface area contributed by atoms with E-state index < -0.39 is 0 Å². The van der Waals surface area contributed by atoms with Gasteiger partial charge in [-0.05, 0) is 47.7 Å². The Balaban J connectivity index is 0.00000210. The van der Waals surface area contributed by atoms with Gasteiger partial charge >= 0.3 is 0 Å². The van der Waals surface area contributed by atoms with Crippen molar-refractivity contribution in [2.75, 3.05) is 26.2 Å². The molecule has 0 aromatic heterocycles. The summed E-state index contributed by atoms with van der Waals surface area (Å²) in [5, 5.41) is 13.0. The number of hydrogen-bond donors (Lipinski definition) is 3. The van der Waals surface area contributed by atoms with Crippen LogP contribution in [0.15, 0.2) is 48.5 Å². The first-order valence-electron chi connectivity index (χ1n) is 9.74. The van der Waals surface area contributed by atoms with Gasteiger partial charge in [-0.15, -0.1) is 12.4 Å². The van der Waals surface area contributed by atoms with Crippen LogP contribution in [0.4, 0.5) is 0 Å². The van der Waals surface area contributed by atoms with Crippen molar-refractivity contribution in [3.05, 3.63) is 59.7 Å². The first-order valence-corrected chi connectivity index (χ1v) is 9.74. The van der Waals surface area contributed by atoms with Crippen LogP contribution in [0, 0.1) is 0 Å². The molecule has 1 unspecified atom stereocenters. The molecule has 27 heavy (non-hydrogen) atoms. The molecule has 5 heteroatoms. The molecule has 1 aliphatic heterocycles. The van der Waals surface area contributed by atoms with E-state index in [1.807, 2.05) is 12.1 Å². The number of likely N-dealkylation sites (tertiary alicyclic amines) is 1. The molecule has 4 N–H and O–H groups in total. The maximum absolute atomic E-state index is 9.30. The maximum Gasteiger partial charge on any atom is 0.0682 e. The number of hydrogen-bond acceptors (Lipinski definition) is 4. The lowest BCUT2D eigenvalue weighted by Crippen LogP contribution is -2.33. The molecule has 3 atom stereocenters. The minimum Gasteiger partial charge on any atom is -0.392 e. The molecule has 1 heterocycles. The monoisotopic (exact) mass is 387 g/mol. The lowest BCUT2D eigenvalue weighted by Gasteiger charge is -2.15. The Kier molecular flexibility index (Phi) is 6.90. The van der Waals surface area contributed by atoms with Crippen molar-refractivity contribution in [1.82, 2.24) is 10.2 Å². The molecule has 2 aromatic rings. The number of nitrogens with zero attached hydrogens (tertiary/aromatic N) is 1. The summed E-state index contributed by atoms with van der Waals surface area (Å²) in [6, 6.07) is 18.0. The fourth-order valence-corrected chi connectivity index (χ4v) is 4.03. The van der Waals surface area contributed by atoms with E-state index in [1.54, 1.807) is 0 Å². The number of aliphatic hydroxyl groups excluding tert-OH is 1. The van der Waals surface area contributed by atoms with E-state index in [2.05, 4.69) is 46.6 Å². The molecule has 2 aliphatic rings. The Morgan fingerprint density at radius 3 is 2.63 bits per heavy atom. The molecule has 0 spiro atoms. The lowest BCUT2D eigenvalue weighted by atomic mass is 10.0. The quantitative estimate of drug-likeness (QED) is 0.683. The van der Waals surface area contributed by atoms with E-state index in [1.165, 1.54) is 17.5 Å². The zero-order valence-corrected chi connectivity index (χ0v) is 16.5. The van der Waals surface area contributed by atoms with E-state index in [-0.39, 0.29) is 19.0 Å². The van der Waals surface area contributed by atoms with E-state index >= 15 is 0 Å². The summed E-state index contributed by atoms with van der Waals surface area (Å²) < 4.78 is 0. The van der Waals surface area contributed by atoms with Crippen LogP contribution in [0.3, 0.4) is 0 Å². The second-order valence-electron chi connectivity index (χ2n) is 7.73. The summed E-state index contributed by atoms with van der Waals surface area (Å²) in [4.78, 5) is 2.46. The molecule has 1 saturated heterocycles. The van der Waals surface area contributed by atoms with Crippen LogP contribution in [0.1, 0.15) is 29.9 Å². The summed E-state index contributed by atoms with van der Waals surface area (Å²) in [6.45, 7) is 4.45. The molecule has 0 amide bonds. The molecular formula is C22H30ClN3O. The zero-order chi connectivity index (χ0) is 17.9. The van der Waals surface area contributed by atoms with E-state index in [9.17, 15) is 5.11 Å². The summed E-state index contributed by atoms with van der Waals surface area (Å²) in [7, 11) is 0.